The average molecular weight is 381 g/mol. The molecule has 9 heteroatoms. The predicted molar refractivity (Wildman–Crippen MR) is 106 cm³/mol. The summed E-state index contributed by atoms with van der Waals surface area (Å²) in [5.74, 6) is -0.929. The Hall–Kier alpha value is -2.94. The molecule has 144 valence electrons. The summed E-state index contributed by atoms with van der Waals surface area (Å²) in [6.45, 7) is 4.93. The molecule has 0 aliphatic carbocycles. The van der Waals surface area contributed by atoms with E-state index in [0.717, 1.165) is 11.3 Å². The Morgan fingerprint density at radius 3 is 2.54 bits per heavy atom. The van der Waals surface area contributed by atoms with Crippen LogP contribution >= 0.6 is 0 Å². The van der Waals surface area contributed by atoms with Gasteiger partial charge in [0, 0.05) is 38.4 Å². The van der Waals surface area contributed by atoms with E-state index in [1.54, 1.807) is 29.2 Å². The van der Waals surface area contributed by atoms with Crippen LogP contribution in [0, 0.1) is 12.7 Å². The van der Waals surface area contributed by atoms with Gasteiger partial charge in [0.1, 0.15) is 5.82 Å². The van der Waals surface area contributed by atoms with Gasteiger partial charge in [0.25, 0.3) is 0 Å². The summed E-state index contributed by atoms with van der Waals surface area (Å²) in [4.78, 5) is 31.2. The van der Waals surface area contributed by atoms with Crippen molar-refractivity contribution in [2.24, 2.45) is 0 Å². The molecule has 3 amide bonds. The molecule has 1 fully saturated rings. The maximum Gasteiger partial charge on any atom is 0.323 e. The Balaban J connectivity index is 1.59. The van der Waals surface area contributed by atoms with Crippen molar-refractivity contribution in [3.05, 3.63) is 53.6 Å². The third-order valence-corrected chi connectivity index (χ3v) is 4.54. The SMILES string of the molecule is [B]C(=O)N1CCN(Cc2ccc(F)c(NC(=O)Nc3ccc(C)nc3)c2)CC1. The molecule has 0 unspecified atom stereocenters. The minimum absolute atomic E-state index is 0.103. The van der Waals surface area contributed by atoms with Crippen molar-refractivity contribution in [1.82, 2.24) is 14.8 Å². The fourth-order valence-corrected chi connectivity index (χ4v) is 2.98. The number of aromatic nitrogens is 1. The number of carbonyl (C=O) groups is 2. The zero-order valence-electron chi connectivity index (χ0n) is 15.6. The molecular formula is C19H21BFN5O2. The van der Waals surface area contributed by atoms with E-state index in [4.69, 9.17) is 7.85 Å². The van der Waals surface area contributed by atoms with Gasteiger partial charge in [0.15, 0.2) is 5.81 Å². The Kier molecular flexibility index (Phi) is 6.25. The smallest absolute Gasteiger partial charge is 0.323 e. The van der Waals surface area contributed by atoms with E-state index in [1.807, 2.05) is 6.92 Å². The van der Waals surface area contributed by atoms with Crippen molar-refractivity contribution in [3.8, 4) is 0 Å². The summed E-state index contributed by atoms with van der Waals surface area (Å²) in [6, 6.07) is 7.58. The lowest BCUT2D eigenvalue weighted by atomic mass is 10.1. The zero-order chi connectivity index (χ0) is 20.1. The topological polar surface area (TPSA) is 77.6 Å². The molecule has 0 saturated carbocycles. The van der Waals surface area contributed by atoms with E-state index < -0.39 is 17.7 Å². The number of urea groups is 1. The van der Waals surface area contributed by atoms with E-state index >= 15 is 0 Å². The number of rotatable bonds is 4. The van der Waals surface area contributed by atoms with E-state index in [9.17, 15) is 14.0 Å². The molecule has 1 aromatic carbocycles. The third-order valence-electron chi connectivity index (χ3n) is 4.54. The van der Waals surface area contributed by atoms with Gasteiger partial charge in [-0.1, -0.05) is 6.07 Å². The third kappa shape index (κ3) is 5.29. The lowest BCUT2D eigenvalue weighted by molar-refractivity contribution is 0.148. The summed E-state index contributed by atoms with van der Waals surface area (Å²) >= 11 is 0. The molecular weight excluding hydrogens is 360 g/mol. The Morgan fingerprint density at radius 1 is 1.14 bits per heavy atom. The van der Waals surface area contributed by atoms with Crippen molar-refractivity contribution in [1.29, 1.82) is 0 Å². The molecule has 2 heterocycles. The van der Waals surface area contributed by atoms with Crippen LogP contribution in [0.3, 0.4) is 0 Å². The highest BCUT2D eigenvalue weighted by atomic mass is 19.1. The molecule has 1 aliphatic heterocycles. The Morgan fingerprint density at radius 2 is 1.89 bits per heavy atom. The molecule has 3 rings (SSSR count). The highest BCUT2D eigenvalue weighted by Crippen LogP contribution is 2.19. The van der Waals surface area contributed by atoms with Gasteiger partial charge in [-0.15, -0.1) is 0 Å². The van der Waals surface area contributed by atoms with Gasteiger partial charge < -0.3 is 15.5 Å². The van der Waals surface area contributed by atoms with Gasteiger partial charge in [-0.25, -0.2) is 9.18 Å². The maximum absolute atomic E-state index is 14.1. The summed E-state index contributed by atoms with van der Waals surface area (Å²) in [7, 11) is 5.29. The quantitative estimate of drug-likeness (QED) is 0.799. The normalized spacial score (nSPS) is 14.6. The fraction of sp³-hybridized carbons (Fsp3) is 0.316. The number of benzene rings is 1. The minimum Gasteiger partial charge on any atom is -0.350 e. The average Bonchev–Trinajstić information content (AvgIpc) is 2.67. The van der Waals surface area contributed by atoms with Crippen molar-refractivity contribution in [3.63, 3.8) is 0 Å². The summed E-state index contributed by atoms with van der Waals surface area (Å²) in [5.41, 5.74) is 2.32. The van der Waals surface area contributed by atoms with Gasteiger partial charge in [-0.3, -0.25) is 14.7 Å². The van der Waals surface area contributed by atoms with E-state index in [1.165, 1.54) is 12.3 Å². The van der Waals surface area contributed by atoms with Crippen molar-refractivity contribution < 1.29 is 14.0 Å². The van der Waals surface area contributed by atoms with Gasteiger partial charge >= 0.3 is 6.03 Å². The number of pyridine rings is 1. The van der Waals surface area contributed by atoms with Gasteiger partial charge in [-0.2, -0.15) is 0 Å². The summed E-state index contributed by atoms with van der Waals surface area (Å²) in [6.07, 6.45) is 1.54. The van der Waals surface area contributed by atoms with E-state index in [-0.39, 0.29) is 5.69 Å². The first-order valence-corrected chi connectivity index (χ1v) is 8.96. The molecule has 1 saturated heterocycles. The number of nitrogens with one attached hydrogen (secondary N) is 2. The molecule has 0 bridgehead atoms. The maximum atomic E-state index is 14.1. The number of halogens is 1. The monoisotopic (exact) mass is 381 g/mol. The van der Waals surface area contributed by atoms with Crippen LogP contribution in [0.2, 0.25) is 0 Å². The standard InChI is InChI=1S/C19H21BFN5O2/c1-13-2-4-15(11-22-13)23-19(28)24-17-10-14(3-5-16(17)21)12-25-6-8-26(9-7-25)18(20)27/h2-5,10-11H,6-9,12H2,1H3,(H2,23,24,28). The Labute approximate surface area is 164 Å². The first kappa shape index (κ1) is 19.8. The molecule has 2 N–H and O–H groups in total. The highest BCUT2D eigenvalue weighted by molar-refractivity contribution is 6.56. The first-order valence-electron chi connectivity index (χ1n) is 8.96. The van der Waals surface area contributed by atoms with E-state index in [2.05, 4.69) is 20.5 Å². The second kappa shape index (κ2) is 8.84. The van der Waals surface area contributed by atoms with Crippen LogP contribution in [0.5, 0.6) is 0 Å². The number of piperazine rings is 1. The van der Waals surface area contributed by atoms with Crippen LogP contribution in [0.25, 0.3) is 0 Å². The Bertz CT molecular complexity index is 854. The second-order valence-electron chi connectivity index (χ2n) is 6.68. The predicted octanol–water partition coefficient (Wildman–Crippen LogP) is 2.58. The number of aryl methyl sites for hydroxylation is 1. The molecule has 0 atom stereocenters. The number of nitrogens with zero attached hydrogens (tertiary/aromatic N) is 3. The van der Waals surface area contributed by atoms with Crippen LogP contribution in [-0.2, 0) is 6.54 Å². The largest absolute Gasteiger partial charge is 0.350 e. The minimum atomic E-state index is -0.545. The lowest BCUT2D eigenvalue weighted by Crippen LogP contribution is -2.47. The van der Waals surface area contributed by atoms with Crippen molar-refractivity contribution in [2.75, 3.05) is 36.8 Å². The highest BCUT2D eigenvalue weighted by Gasteiger charge is 2.18. The molecule has 1 aliphatic rings. The van der Waals surface area contributed by atoms with Crippen molar-refractivity contribution in [2.45, 2.75) is 13.5 Å². The fourth-order valence-electron chi connectivity index (χ4n) is 2.98. The van der Waals surface area contributed by atoms with Crippen LogP contribution in [-0.4, -0.2) is 60.6 Å². The van der Waals surface area contributed by atoms with Gasteiger partial charge in [0.05, 0.1) is 17.6 Å². The van der Waals surface area contributed by atoms with Crippen LogP contribution < -0.4 is 10.6 Å². The van der Waals surface area contributed by atoms with Crippen LogP contribution in [0.15, 0.2) is 36.5 Å². The van der Waals surface area contributed by atoms with Gasteiger partial charge in [0.2, 0.25) is 7.85 Å². The number of carbonyl (C=O) groups excluding carboxylic acids is 2. The lowest BCUT2D eigenvalue weighted by Gasteiger charge is -2.34. The number of amides is 3. The summed E-state index contributed by atoms with van der Waals surface area (Å²) in [5, 5.41) is 5.15. The molecule has 28 heavy (non-hydrogen) atoms. The van der Waals surface area contributed by atoms with Crippen LogP contribution in [0.1, 0.15) is 11.3 Å². The molecule has 2 aromatic rings. The number of hydrogen-bond donors (Lipinski definition) is 2. The van der Waals surface area contributed by atoms with Crippen molar-refractivity contribution >= 4 is 31.1 Å². The van der Waals surface area contributed by atoms with E-state index in [0.29, 0.717) is 38.4 Å². The summed E-state index contributed by atoms with van der Waals surface area (Å²) < 4.78 is 14.1. The second-order valence-corrected chi connectivity index (χ2v) is 6.68. The molecule has 7 nitrogen and oxygen atoms in total. The molecule has 0 spiro atoms. The molecule has 1 aromatic heterocycles. The number of anilines is 2. The number of hydrogen-bond acceptors (Lipinski definition) is 4. The van der Waals surface area contributed by atoms with Crippen LogP contribution in [0.4, 0.5) is 25.4 Å². The molecule has 2 radical (unpaired) electrons. The van der Waals surface area contributed by atoms with Gasteiger partial charge in [-0.05, 0) is 36.8 Å². The first-order chi connectivity index (χ1) is 13.4. The zero-order valence-corrected chi connectivity index (χ0v) is 15.6.